The van der Waals surface area contributed by atoms with Crippen molar-refractivity contribution >= 4 is 11.8 Å². The molecule has 2 atom stereocenters. The van der Waals surface area contributed by atoms with Crippen molar-refractivity contribution in [3.8, 4) is 0 Å². The van der Waals surface area contributed by atoms with Gasteiger partial charge in [0.15, 0.2) is 11.5 Å². The number of halogens is 4. The Hall–Kier alpha value is -0.490. The number of aliphatic hydroxyl groups excluding tert-OH is 1. The summed E-state index contributed by atoms with van der Waals surface area (Å²) in [7, 11) is 0. The third kappa shape index (κ3) is 2.06. The summed E-state index contributed by atoms with van der Waals surface area (Å²) in [5, 5.41) is 8.78. The van der Waals surface area contributed by atoms with E-state index in [1.807, 2.05) is 0 Å². The van der Waals surface area contributed by atoms with Gasteiger partial charge < -0.3 is 5.11 Å². The summed E-state index contributed by atoms with van der Waals surface area (Å²) >= 11 is 0.954. The van der Waals surface area contributed by atoms with Crippen molar-refractivity contribution in [3.05, 3.63) is 23.6 Å². The van der Waals surface area contributed by atoms with E-state index < -0.39 is 35.7 Å². The van der Waals surface area contributed by atoms with Crippen molar-refractivity contribution < 1.29 is 22.7 Å². The van der Waals surface area contributed by atoms with Crippen LogP contribution in [0, 0.1) is 5.92 Å². The van der Waals surface area contributed by atoms with E-state index in [1.54, 1.807) is 0 Å². The first kappa shape index (κ1) is 12.6. The molecule has 2 unspecified atom stereocenters. The Morgan fingerprint density at radius 1 is 1.47 bits per heavy atom. The molecule has 0 amide bonds. The molecule has 0 saturated heterocycles. The molecule has 0 aliphatic heterocycles. The van der Waals surface area contributed by atoms with Crippen LogP contribution in [-0.4, -0.2) is 29.4 Å². The van der Waals surface area contributed by atoms with Crippen LogP contribution in [0.3, 0.4) is 0 Å². The predicted molar refractivity (Wildman–Crippen MR) is 51.2 cm³/mol. The van der Waals surface area contributed by atoms with Crippen LogP contribution in [0.4, 0.5) is 17.6 Å². The van der Waals surface area contributed by atoms with Crippen LogP contribution in [0.15, 0.2) is 23.6 Å². The number of hydrogen-bond acceptors (Lipinski definition) is 2. The Bertz CT molecular complexity index is 315. The van der Waals surface area contributed by atoms with Crippen LogP contribution >= 0.6 is 11.8 Å². The van der Waals surface area contributed by atoms with Crippen molar-refractivity contribution in [2.75, 3.05) is 18.6 Å². The van der Waals surface area contributed by atoms with Crippen LogP contribution in [-0.2, 0) is 0 Å². The highest BCUT2D eigenvalue weighted by molar-refractivity contribution is 7.98. The van der Waals surface area contributed by atoms with Gasteiger partial charge in [0.2, 0.25) is 0 Å². The molecule has 1 N–H and O–H groups in total. The van der Waals surface area contributed by atoms with E-state index >= 15 is 0 Å². The zero-order valence-corrected chi connectivity index (χ0v) is 8.75. The van der Waals surface area contributed by atoms with Gasteiger partial charge in [-0.05, 0) is 6.26 Å². The van der Waals surface area contributed by atoms with Gasteiger partial charge in [0.05, 0.1) is 12.5 Å². The standard InChI is InChI=1S/C9H10F4OS/c1-15-4-9(13)5(3-14)8(12)6(10)2-7(9)11/h2,5,14H,3-4H2,1H3. The quantitative estimate of drug-likeness (QED) is 0.768. The lowest BCUT2D eigenvalue weighted by molar-refractivity contribution is 0.0721. The number of hydrogen-bond donors (Lipinski definition) is 1. The summed E-state index contributed by atoms with van der Waals surface area (Å²) in [6, 6.07) is 0. The van der Waals surface area contributed by atoms with Crippen LogP contribution in [0.1, 0.15) is 0 Å². The predicted octanol–water partition coefficient (Wildman–Crippen LogP) is 2.68. The largest absolute Gasteiger partial charge is 0.396 e. The van der Waals surface area contributed by atoms with Gasteiger partial charge >= 0.3 is 0 Å². The molecule has 0 spiro atoms. The fourth-order valence-corrected chi connectivity index (χ4v) is 2.20. The lowest BCUT2D eigenvalue weighted by Crippen LogP contribution is -2.41. The maximum Gasteiger partial charge on any atom is 0.182 e. The summed E-state index contributed by atoms with van der Waals surface area (Å²) in [6.07, 6.45) is 1.70. The Morgan fingerprint density at radius 3 is 2.53 bits per heavy atom. The molecule has 6 heteroatoms. The smallest absolute Gasteiger partial charge is 0.182 e. The molecule has 0 fully saturated rings. The molecule has 1 aliphatic rings. The van der Waals surface area contributed by atoms with Gasteiger partial charge in [-0.15, -0.1) is 0 Å². The van der Waals surface area contributed by atoms with E-state index in [9.17, 15) is 17.6 Å². The second-order valence-electron chi connectivity index (χ2n) is 3.22. The Morgan fingerprint density at radius 2 is 2.07 bits per heavy atom. The van der Waals surface area contributed by atoms with Gasteiger partial charge in [-0.1, -0.05) is 0 Å². The molecule has 0 bridgehead atoms. The molecule has 0 heterocycles. The second kappa shape index (κ2) is 4.57. The second-order valence-corrected chi connectivity index (χ2v) is 4.08. The average molecular weight is 242 g/mol. The van der Waals surface area contributed by atoms with Gasteiger partial charge in [-0.25, -0.2) is 17.6 Å². The normalized spacial score (nSPS) is 31.9. The number of aliphatic hydroxyl groups is 1. The Labute approximate surface area is 88.9 Å². The minimum absolute atomic E-state index is 0.192. The maximum absolute atomic E-state index is 14.0. The van der Waals surface area contributed by atoms with Gasteiger partial charge in [0.1, 0.15) is 11.7 Å². The molecule has 86 valence electrons. The SMILES string of the molecule is CSCC1(F)C(F)=CC(F)=C(F)C1CO. The topological polar surface area (TPSA) is 20.2 Å². The summed E-state index contributed by atoms with van der Waals surface area (Å²) in [4.78, 5) is 0. The Kier molecular flexibility index (Phi) is 3.83. The Balaban J connectivity index is 3.14. The minimum Gasteiger partial charge on any atom is -0.396 e. The zero-order valence-electron chi connectivity index (χ0n) is 7.94. The van der Waals surface area contributed by atoms with Crippen molar-refractivity contribution in [2.45, 2.75) is 5.67 Å². The molecule has 1 rings (SSSR count). The lowest BCUT2D eigenvalue weighted by Gasteiger charge is -2.32. The summed E-state index contributed by atoms with van der Waals surface area (Å²) < 4.78 is 53.1. The average Bonchev–Trinajstić information content (AvgIpc) is 2.16. The molecule has 0 aromatic rings. The van der Waals surface area contributed by atoms with Gasteiger partial charge in [-0.3, -0.25) is 0 Å². The first-order chi connectivity index (χ1) is 6.97. The number of alkyl halides is 1. The minimum atomic E-state index is -2.66. The molecule has 1 aliphatic carbocycles. The molecular weight excluding hydrogens is 232 g/mol. The van der Waals surface area contributed by atoms with Crippen molar-refractivity contribution in [1.82, 2.24) is 0 Å². The monoisotopic (exact) mass is 242 g/mol. The maximum atomic E-state index is 14.0. The molecule has 0 aromatic carbocycles. The van der Waals surface area contributed by atoms with Crippen molar-refractivity contribution in [3.63, 3.8) is 0 Å². The highest BCUT2D eigenvalue weighted by Crippen LogP contribution is 2.44. The molecule has 15 heavy (non-hydrogen) atoms. The van der Waals surface area contributed by atoms with E-state index in [0.29, 0.717) is 0 Å². The number of thioether (sulfide) groups is 1. The number of allylic oxidation sites excluding steroid dienone is 3. The molecule has 0 radical (unpaired) electrons. The molecular formula is C9H10F4OS. The lowest BCUT2D eigenvalue weighted by atomic mass is 9.85. The van der Waals surface area contributed by atoms with Crippen molar-refractivity contribution in [2.24, 2.45) is 5.92 Å². The van der Waals surface area contributed by atoms with Gasteiger partial charge in [-0.2, -0.15) is 11.8 Å². The fourth-order valence-electron chi connectivity index (χ4n) is 1.44. The molecule has 0 saturated carbocycles. The third-order valence-corrected chi connectivity index (χ3v) is 2.98. The summed E-state index contributed by atoms with van der Waals surface area (Å²) in [5.41, 5.74) is -2.66. The zero-order chi connectivity index (χ0) is 11.6. The highest BCUT2D eigenvalue weighted by atomic mass is 32.2. The first-order valence-corrected chi connectivity index (χ1v) is 5.58. The summed E-state index contributed by atoms with van der Waals surface area (Å²) in [5.74, 6) is -6.44. The molecule has 1 nitrogen and oxygen atoms in total. The van der Waals surface area contributed by atoms with E-state index in [4.69, 9.17) is 5.11 Å². The van der Waals surface area contributed by atoms with Gasteiger partial charge in [0, 0.05) is 11.8 Å². The highest BCUT2D eigenvalue weighted by Gasteiger charge is 2.49. The molecule has 0 aromatic heterocycles. The summed E-state index contributed by atoms with van der Waals surface area (Å²) in [6.45, 7) is -0.975. The number of rotatable bonds is 3. The van der Waals surface area contributed by atoms with Crippen LogP contribution in [0.25, 0.3) is 0 Å². The van der Waals surface area contributed by atoms with Crippen molar-refractivity contribution in [1.29, 1.82) is 0 Å². The van der Waals surface area contributed by atoms with E-state index in [-0.39, 0.29) is 11.8 Å². The van der Waals surface area contributed by atoms with Crippen LogP contribution in [0.2, 0.25) is 0 Å². The third-order valence-electron chi connectivity index (χ3n) is 2.27. The first-order valence-electron chi connectivity index (χ1n) is 4.19. The fraction of sp³-hybridized carbons (Fsp3) is 0.556. The van der Waals surface area contributed by atoms with Crippen LogP contribution < -0.4 is 0 Å². The van der Waals surface area contributed by atoms with E-state index in [2.05, 4.69) is 0 Å². The van der Waals surface area contributed by atoms with Gasteiger partial charge in [0.25, 0.3) is 0 Å². The van der Waals surface area contributed by atoms with Crippen LogP contribution in [0.5, 0.6) is 0 Å². The van der Waals surface area contributed by atoms with E-state index in [0.717, 1.165) is 11.8 Å². The van der Waals surface area contributed by atoms with E-state index in [1.165, 1.54) is 6.26 Å².